The quantitative estimate of drug-likeness (QED) is 0.339. The summed E-state index contributed by atoms with van der Waals surface area (Å²) in [7, 11) is 0. The average Bonchev–Trinajstić information content (AvgIpc) is 2.35. The first kappa shape index (κ1) is 13.9. The fraction of sp³-hybridized carbons (Fsp3) is 0.385. The molecule has 0 fully saturated rings. The summed E-state index contributed by atoms with van der Waals surface area (Å²) in [6.07, 6.45) is 7.79. The van der Waals surface area contributed by atoms with Gasteiger partial charge in [0.05, 0.1) is 6.04 Å². The van der Waals surface area contributed by atoms with Crippen molar-refractivity contribution >= 4 is 11.6 Å². The number of hydrogen-bond acceptors (Lipinski definition) is 3. The van der Waals surface area contributed by atoms with Crippen LogP contribution in [0.4, 0.5) is 0 Å². The lowest BCUT2D eigenvalue weighted by atomic mass is 10.1. The van der Waals surface area contributed by atoms with Crippen LogP contribution in [-0.4, -0.2) is 12.6 Å². The monoisotopic (exact) mass is 252 g/mol. The number of halogens is 1. The molecule has 0 radical (unpaired) electrons. The number of nitrogens with two attached hydrogens (primary N) is 1. The molecular formula is C13H17ClN2O. The van der Waals surface area contributed by atoms with Gasteiger partial charge >= 0.3 is 0 Å². The van der Waals surface area contributed by atoms with Crippen LogP contribution in [0, 0.1) is 12.3 Å². The van der Waals surface area contributed by atoms with Gasteiger partial charge in [-0.25, -0.2) is 0 Å². The molecule has 0 heterocycles. The summed E-state index contributed by atoms with van der Waals surface area (Å²) in [4.78, 5) is 0. The summed E-state index contributed by atoms with van der Waals surface area (Å²) in [5.74, 6) is 8.83. The van der Waals surface area contributed by atoms with Crippen LogP contribution in [-0.2, 0) is 0 Å². The van der Waals surface area contributed by atoms with Crippen molar-refractivity contribution in [2.24, 2.45) is 5.84 Å². The maximum Gasteiger partial charge on any atom is 0.119 e. The molecule has 1 aromatic carbocycles. The normalized spacial score (nSPS) is 11.8. The highest BCUT2D eigenvalue weighted by molar-refractivity contribution is 6.30. The third-order valence-electron chi connectivity index (χ3n) is 2.37. The Kier molecular flexibility index (Phi) is 6.49. The van der Waals surface area contributed by atoms with E-state index >= 15 is 0 Å². The van der Waals surface area contributed by atoms with E-state index in [1.54, 1.807) is 12.1 Å². The lowest BCUT2D eigenvalue weighted by Crippen LogP contribution is -2.39. The van der Waals surface area contributed by atoms with Crippen molar-refractivity contribution in [1.29, 1.82) is 0 Å². The SMILES string of the molecule is C#CCCCC(COc1ccc(Cl)cc1)NN. The van der Waals surface area contributed by atoms with Gasteiger partial charge in [0.2, 0.25) is 0 Å². The van der Waals surface area contributed by atoms with E-state index in [-0.39, 0.29) is 6.04 Å². The molecule has 3 nitrogen and oxygen atoms in total. The highest BCUT2D eigenvalue weighted by Gasteiger charge is 2.06. The van der Waals surface area contributed by atoms with Gasteiger partial charge in [0.15, 0.2) is 0 Å². The average molecular weight is 253 g/mol. The fourth-order valence-corrected chi connectivity index (χ4v) is 1.52. The predicted molar refractivity (Wildman–Crippen MR) is 70.7 cm³/mol. The van der Waals surface area contributed by atoms with E-state index < -0.39 is 0 Å². The van der Waals surface area contributed by atoms with Crippen LogP contribution in [0.15, 0.2) is 24.3 Å². The van der Waals surface area contributed by atoms with Crippen LogP contribution in [0.3, 0.4) is 0 Å². The first-order chi connectivity index (χ1) is 8.26. The van der Waals surface area contributed by atoms with Gasteiger partial charge in [-0.2, -0.15) is 0 Å². The van der Waals surface area contributed by atoms with Crippen molar-refractivity contribution in [3.63, 3.8) is 0 Å². The summed E-state index contributed by atoms with van der Waals surface area (Å²) in [6.45, 7) is 0.517. The van der Waals surface area contributed by atoms with Crippen LogP contribution in [0.5, 0.6) is 5.75 Å². The third kappa shape index (κ3) is 5.60. The van der Waals surface area contributed by atoms with Crippen LogP contribution >= 0.6 is 11.6 Å². The van der Waals surface area contributed by atoms with E-state index in [0.717, 1.165) is 25.0 Å². The van der Waals surface area contributed by atoms with Crippen LogP contribution in [0.2, 0.25) is 5.02 Å². The summed E-state index contributed by atoms with van der Waals surface area (Å²) >= 11 is 5.78. The van der Waals surface area contributed by atoms with Gasteiger partial charge in [-0.1, -0.05) is 11.6 Å². The molecule has 92 valence electrons. The highest BCUT2D eigenvalue weighted by Crippen LogP contribution is 2.15. The van der Waals surface area contributed by atoms with E-state index in [1.165, 1.54) is 0 Å². The Balaban J connectivity index is 2.32. The predicted octanol–water partition coefficient (Wildman–Crippen LogP) is 2.35. The Hall–Kier alpha value is -1.21. The summed E-state index contributed by atoms with van der Waals surface area (Å²) < 4.78 is 5.59. The lowest BCUT2D eigenvalue weighted by molar-refractivity contribution is 0.256. The van der Waals surface area contributed by atoms with Crippen molar-refractivity contribution in [3.05, 3.63) is 29.3 Å². The molecule has 0 aliphatic heterocycles. The van der Waals surface area contributed by atoms with Crippen molar-refractivity contribution in [2.45, 2.75) is 25.3 Å². The summed E-state index contributed by atoms with van der Waals surface area (Å²) in [5.41, 5.74) is 2.72. The molecule has 3 N–H and O–H groups in total. The minimum atomic E-state index is 0.110. The number of nitrogens with one attached hydrogen (secondary N) is 1. The zero-order chi connectivity index (χ0) is 12.5. The van der Waals surface area contributed by atoms with Gasteiger partial charge in [-0.3, -0.25) is 11.3 Å². The molecule has 17 heavy (non-hydrogen) atoms. The highest BCUT2D eigenvalue weighted by atomic mass is 35.5. The Morgan fingerprint density at radius 2 is 2.12 bits per heavy atom. The minimum Gasteiger partial charge on any atom is -0.492 e. The zero-order valence-electron chi connectivity index (χ0n) is 9.66. The molecule has 1 rings (SSSR count). The molecule has 0 saturated carbocycles. The molecule has 0 bridgehead atoms. The van der Waals surface area contributed by atoms with Crippen molar-refractivity contribution in [2.75, 3.05) is 6.61 Å². The largest absolute Gasteiger partial charge is 0.492 e. The zero-order valence-corrected chi connectivity index (χ0v) is 10.4. The molecule has 0 spiro atoms. The number of rotatable bonds is 7. The second-order valence-electron chi connectivity index (χ2n) is 3.72. The van der Waals surface area contributed by atoms with E-state index in [2.05, 4.69) is 11.3 Å². The van der Waals surface area contributed by atoms with Gasteiger partial charge in [-0.05, 0) is 37.1 Å². The second kappa shape index (κ2) is 7.97. The smallest absolute Gasteiger partial charge is 0.119 e. The van der Waals surface area contributed by atoms with Gasteiger partial charge in [0, 0.05) is 11.4 Å². The Labute approximate surface area is 107 Å². The first-order valence-electron chi connectivity index (χ1n) is 5.54. The molecule has 1 unspecified atom stereocenters. The van der Waals surface area contributed by atoms with Gasteiger partial charge in [0.1, 0.15) is 12.4 Å². The number of ether oxygens (including phenoxy) is 1. The molecule has 0 amide bonds. The molecule has 0 aliphatic rings. The summed E-state index contributed by atoms with van der Waals surface area (Å²) in [5, 5.41) is 0.694. The van der Waals surface area contributed by atoms with E-state index in [4.69, 9.17) is 28.6 Å². The maximum atomic E-state index is 5.78. The van der Waals surface area contributed by atoms with Crippen LogP contribution in [0.25, 0.3) is 0 Å². The number of benzene rings is 1. The third-order valence-corrected chi connectivity index (χ3v) is 2.63. The number of unbranched alkanes of at least 4 members (excludes halogenated alkanes) is 1. The summed E-state index contributed by atoms with van der Waals surface area (Å²) in [6, 6.07) is 7.36. The van der Waals surface area contributed by atoms with E-state index in [1.807, 2.05) is 12.1 Å². The Morgan fingerprint density at radius 3 is 2.71 bits per heavy atom. The number of terminal acetylenes is 1. The number of hydrazine groups is 1. The number of hydrogen-bond donors (Lipinski definition) is 2. The van der Waals surface area contributed by atoms with E-state index in [0.29, 0.717) is 11.6 Å². The molecule has 1 atom stereocenters. The van der Waals surface area contributed by atoms with Gasteiger partial charge in [-0.15, -0.1) is 12.3 Å². The molecule has 0 aromatic heterocycles. The van der Waals surface area contributed by atoms with Gasteiger partial charge < -0.3 is 4.74 Å². The molecule has 0 aliphatic carbocycles. The molecule has 4 heteroatoms. The van der Waals surface area contributed by atoms with Crippen molar-refractivity contribution in [1.82, 2.24) is 5.43 Å². The van der Waals surface area contributed by atoms with Crippen LogP contribution in [0.1, 0.15) is 19.3 Å². The lowest BCUT2D eigenvalue weighted by Gasteiger charge is -2.16. The Bertz CT molecular complexity index is 359. The first-order valence-corrected chi connectivity index (χ1v) is 5.92. The van der Waals surface area contributed by atoms with Crippen molar-refractivity contribution in [3.8, 4) is 18.1 Å². The molecular weight excluding hydrogens is 236 g/mol. The van der Waals surface area contributed by atoms with Crippen molar-refractivity contribution < 1.29 is 4.74 Å². The maximum absolute atomic E-state index is 5.78. The van der Waals surface area contributed by atoms with Gasteiger partial charge in [0.25, 0.3) is 0 Å². The Morgan fingerprint density at radius 1 is 1.41 bits per heavy atom. The minimum absolute atomic E-state index is 0.110. The topological polar surface area (TPSA) is 47.3 Å². The standard InChI is InChI=1S/C13H17ClN2O/c1-2-3-4-5-12(16-15)10-17-13-8-6-11(14)7-9-13/h1,6-9,12,16H,3-5,10,15H2. The second-order valence-corrected chi connectivity index (χ2v) is 4.16. The fourth-order valence-electron chi connectivity index (χ4n) is 1.39. The van der Waals surface area contributed by atoms with E-state index in [9.17, 15) is 0 Å². The molecule has 1 aromatic rings. The van der Waals surface area contributed by atoms with Crippen LogP contribution < -0.4 is 16.0 Å². The molecule has 0 saturated heterocycles.